The Morgan fingerprint density at radius 1 is 1.75 bits per heavy atom. The smallest absolute Gasteiger partial charge is 0.312 e. The lowest BCUT2D eigenvalue weighted by Gasteiger charge is -2.10. The molecule has 1 rings (SSSR count). The van der Waals surface area contributed by atoms with Gasteiger partial charge in [0.1, 0.15) is 6.29 Å². The van der Waals surface area contributed by atoms with Crippen LogP contribution in [0.3, 0.4) is 0 Å². The molecule has 0 aliphatic heterocycles. The molecule has 0 bridgehead atoms. The van der Waals surface area contributed by atoms with E-state index in [1.807, 2.05) is 0 Å². The van der Waals surface area contributed by atoms with E-state index in [1.165, 1.54) is 7.11 Å². The molecule has 0 aromatic rings. The van der Waals surface area contributed by atoms with Crippen LogP contribution in [0.4, 0.5) is 0 Å². The minimum atomic E-state index is -0.257. The predicted octanol–water partition coefficient (Wildman–Crippen LogP) is 0.861. The molecular formula is C9H10O3. The summed E-state index contributed by atoms with van der Waals surface area (Å²) in [5.74, 6) is -0.480. The van der Waals surface area contributed by atoms with E-state index in [1.54, 1.807) is 18.2 Å². The van der Waals surface area contributed by atoms with E-state index >= 15 is 0 Å². The number of carbonyl (C=O) groups excluding carboxylic acids is 2. The van der Waals surface area contributed by atoms with Crippen molar-refractivity contribution in [2.24, 2.45) is 5.92 Å². The molecule has 0 amide bonds. The fourth-order valence-electron chi connectivity index (χ4n) is 1.05. The van der Waals surface area contributed by atoms with Crippen LogP contribution in [-0.4, -0.2) is 19.4 Å². The van der Waals surface area contributed by atoms with Gasteiger partial charge in [0, 0.05) is 5.57 Å². The Balaban J connectivity index is 2.59. The molecule has 0 heterocycles. The van der Waals surface area contributed by atoms with Gasteiger partial charge in [0.15, 0.2) is 0 Å². The maximum atomic E-state index is 11.0. The minimum absolute atomic E-state index is 0.223. The first-order valence-electron chi connectivity index (χ1n) is 3.69. The quantitative estimate of drug-likeness (QED) is 0.451. The summed E-state index contributed by atoms with van der Waals surface area (Å²) in [4.78, 5) is 21.2. The van der Waals surface area contributed by atoms with Crippen molar-refractivity contribution in [3.63, 3.8) is 0 Å². The van der Waals surface area contributed by atoms with Crippen molar-refractivity contribution in [3.8, 4) is 0 Å². The van der Waals surface area contributed by atoms with Gasteiger partial charge in [0.2, 0.25) is 0 Å². The van der Waals surface area contributed by atoms with Crippen LogP contribution in [0.2, 0.25) is 0 Å². The zero-order chi connectivity index (χ0) is 8.97. The van der Waals surface area contributed by atoms with Crippen molar-refractivity contribution < 1.29 is 14.3 Å². The highest BCUT2D eigenvalue weighted by Gasteiger charge is 2.16. The lowest BCUT2D eigenvalue weighted by molar-refractivity contribution is -0.143. The summed E-state index contributed by atoms with van der Waals surface area (Å²) < 4.78 is 4.55. The minimum Gasteiger partial charge on any atom is -0.469 e. The topological polar surface area (TPSA) is 43.4 Å². The second kappa shape index (κ2) is 3.85. The summed E-state index contributed by atoms with van der Waals surface area (Å²) in [6, 6.07) is 0. The highest BCUT2D eigenvalue weighted by molar-refractivity contribution is 5.81. The van der Waals surface area contributed by atoms with Crippen LogP contribution in [0.1, 0.15) is 6.42 Å². The number of hydrogen-bond acceptors (Lipinski definition) is 3. The van der Waals surface area contributed by atoms with E-state index in [2.05, 4.69) is 4.74 Å². The first-order valence-corrected chi connectivity index (χ1v) is 3.69. The zero-order valence-corrected chi connectivity index (χ0v) is 6.82. The van der Waals surface area contributed by atoms with E-state index in [-0.39, 0.29) is 11.9 Å². The molecule has 0 saturated carbocycles. The number of aldehydes is 1. The van der Waals surface area contributed by atoms with Gasteiger partial charge in [-0.25, -0.2) is 0 Å². The molecule has 0 spiro atoms. The fraction of sp³-hybridized carbons (Fsp3) is 0.333. The molecule has 1 aliphatic carbocycles. The molecule has 12 heavy (non-hydrogen) atoms. The number of allylic oxidation sites excluding steroid dienone is 3. The van der Waals surface area contributed by atoms with Gasteiger partial charge < -0.3 is 4.74 Å². The van der Waals surface area contributed by atoms with Gasteiger partial charge in [0.05, 0.1) is 13.0 Å². The van der Waals surface area contributed by atoms with Crippen LogP contribution < -0.4 is 0 Å². The second-order valence-corrected chi connectivity index (χ2v) is 2.55. The van der Waals surface area contributed by atoms with Crippen molar-refractivity contribution in [2.45, 2.75) is 6.42 Å². The van der Waals surface area contributed by atoms with E-state index < -0.39 is 0 Å². The Labute approximate surface area is 70.7 Å². The molecule has 64 valence electrons. The van der Waals surface area contributed by atoms with Gasteiger partial charge >= 0.3 is 5.97 Å². The van der Waals surface area contributed by atoms with Crippen LogP contribution in [0.15, 0.2) is 23.8 Å². The van der Waals surface area contributed by atoms with Crippen LogP contribution in [0.5, 0.6) is 0 Å². The highest BCUT2D eigenvalue weighted by atomic mass is 16.5. The van der Waals surface area contributed by atoms with E-state index in [0.717, 1.165) is 6.29 Å². The molecule has 0 radical (unpaired) electrons. The maximum Gasteiger partial charge on any atom is 0.312 e. The summed E-state index contributed by atoms with van der Waals surface area (Å²) in [5, 5.41) is 0. The van der Waals surface area contributed by atoms with E-state index in [0.29, 0.717) is 12.0 Å². The highest BCUT2D eigenvalue weighted by Crippen LogP contribution is 2.16. The number of rotatable bonds is 2. The Kier molecular flexibility index (Phi) is 2.80. The van der Waals surface area contributed by atoms with Gasteiger partial charge in [-0.1, -0.05) is 18.2 Å². The Morgan fingerprint density at radius 3 is 2.92 bits per heavy atom. The third-order valence-electron chi connectivity index (χ3n) is 1.77. The molecule has 0 fully saturated rings. The Hall–Kier alpha value is -1.38. The lowest BCUT2D eigenvalue weighted by atomic mass is 9.97. The third-order valence-corrected chi connectivity index (χ3v) is 1.77. The third kappa shape index (κ3) is 1.81. The number of methoxy groups -OCH3 is 1. The van der Waals surface area contributed by atoms with Crippen LogP contribution in [0.25, 0.3) is 0 Å². The van der Waals surface area contributed by atoms with Crippen LogP contribution >= 0.6 is 0 Å². The summed E-state index contributed by atoms with van der Waals surface area (Å²) in [7, 11) is 1.36. The average molecular weight is 166 g/mol. The molecule has 0 N–H and O–H groups in total. The van der Waals surface area contributed by atoms with Gasteiger partial charge in [-0.15, -0.1) is 0 Å². The van der Waals surface area contributed by atoms with Crippen LogP contribution in [-0.2, 0) is 14.3 Å². The second-order valence-electron chi connectivity index (χ2n) is 2.55. The standard InChI is InChI=1S/C9H10O3/c1-12-9(11)8-4-2-7(6-10)3-5-8/h2-4,6,8H,5H2,1H3. The van der Waals surface area contributed by atoms with Crippen molar-refractivity contribution >= 4 is 12.3 Å². The summed E-state index contributed by atoms with van der Waals surface area (Å²) in [6.45, 7) is 0. The molecule has 0 saturated heterocycles. The van der Waals surface area contributed by atoms with Crippen molar-refractivity contribution in [1.29, 1.82) is 0 Å². The summed E-state index contributed by atoms with van der Waals surface area (Å²) in [6.07, 6.45) is 6.38. The largest absolute Gasteiger partial charge is 0.469 e. The maximum absolute atomic E-state index is 11.0. The van der Waals surface area contributed by atoms with Gasteiger partial charge in [0.25, 0.3) is 0 Å². The Morgan fingerprint density at radius 2 is 2.50 bits per heavy atom. The SMILES string of the molecule is COC(=O)C1C=CC(C=O)=CC1. The average Bonchev–Trinajstić information content (AvgIpc) is 2.17. The van der Waals surface area contributed by atoms with E-state index in [9.17, 15) is 9.59 Å². The summed E-state index contributed by atoms with van der Waals surface area (Å²) in [5.41, 5.74) is 0.621. The molecular weight excluding hydrogens is 156 g/mol. The molecule has 3 heteroatoms. The number of hydrogen-bond donors (Lipinski definition) is 0. The summed E-state index contributed by atoms with van der Waals surface area (Å²) >= 11 is 0. The molecule has 1 aliphatic rings. The predicted molar refractivity (Wildman–Crippen MR) is 43.4 cm³/mol. The van der Waals surface area contributed by atoms with Gasteiger partial charge in [-0.05, 0) is 6.42 Å². The number of carbonyl (C=O) groups is 2. The van der Waals surface area contributed by atoms with Crippen molar-refractivity contribution in [1.82, 2.24) is 0 Å². The normalized spacial score (nSPS) is 21.4. The lowest BCUT2D eigenvalue weighted by Crippen LogP contribution is -2.15. The monoisotopic (exact) mass is 166 g/mol. The number of ether oxygens (including phenoxy) is 1. The number of esters is 1. The van der Waals surface area contributed by atoms with Gasteiger partial charge in [-0.2, -0.15) is 0 Å². The van der Waals surface area contributed by atoms with Crippen LogP contribution in [0, 0.1) is 5.92 Å². The molecule has 3 nitrogen and oxygen atoms in total. The van der Waals surface area contributed by atoms with Crippen molar-refractivity contribution in [2.75, 3.05) is 7.11 Å². The fourth-order valence-corrected chi connectivity index (χ4v) is 1.05. The molecule has 1 unspecified atom stereocenters. The Bertz CT molecular complexity index is 250. The zero-order valence-electron chi connectivity index (χ0n) is 6.82. The van der Waals surface area contributed by atoms with E-state index in [4.69, 9.17) is 0 Å². The molecule has 0 aromatic carbocycles. The van der Waals surface area contributed by atoms with Gasteiger partial charge in [-0.3, -0.25) is 9.59 Å². The first kappa shape index (κ1) is 8.71. The first-order chi connectivity index (χ1) is 5.77. The molecule has 0 aromatic heterocycles. The molecule has 1 atom stereocenters. The van der Waals surface area contributed by atoms with Crippen molar-refractivity contribution in [3.05, 3.63) is 23.8 Å².